The van der Waals surface area contributed by atoms with Crippen LogP contribution >= 0.6 is 15.9 Å². The number of hydrogen-bond acceptors (Lipinski definition) is 3. The number of nitrogen functional groups attached to an aromatic ring is 1. The lowest BCUT2D eigenvalue weighted by molar-refractivity contribution is 0.817. The van der Waals surface area contributed by atoms with E-state index in [1.807, 2.05) is 24.3 Å². The summed E-state index contributed by atoms with van der Waals surface area (Å²) in [6, 6.07) is 16.3. The summed E-state index contributed by atoms with van der Waals surface area (Å²) in [5.74, 6) is 0. The van der Waals surface area contributed by atoms with Crippen LogP contribution in [0.4, 0.5) is 17.1 Å². The molecule has 0 saturated heterocycles. The first-order chi connectivity index (χ1) is 9.66. The highest BCUT2D eigenvalue weighted by molar-refractivity contribution is 9.10. The van der Waals surface area contributed by atoms with Crippen LogP contribution in [0.15, 0.2) is 53.0 Å². The van der Waals surface area contributed by atoms with E-state index >= 15 is 0 Å². The highest BCUT2D eigenvalue weighted by Gasteiger charge is 2.01. The first kappa shape index (κ1) is 14.7. The van der Waals surface area contributed by atoms with Crippen molar-refractivity contribution in [2.75, 3.05) is 36.1 Å². The van der Waals surface area contributed by atoms with E-state index in [4.69, 9.17) is 5.73 Å². The minimum atomic E-state index is 0.774. The molecule has 0 aliphatic rings. The number of nitrogens with two attached hydrogens (primary N) is 1. The van der Waals surface area contributed by atoms with Gasteiger partial charge in [-0.15, -0.1) is 0 Å². The van der Waals surface area contributed by atoms with Gasteiger partial charge >= 0.3 is 0 Å². The average Bonchev–Trinajstić information content (AvgIpc) is 2.46. The molecular weight excluding hydrogens is 314 g/mol. The van der Waals surface area contributed by atoms with Crippen molar-refractivity contribution in [3.05, 3.63) is 53.0 Å². The molecule has 2 aromatic rings. The zero-order valence-electron chi connectivity index (χ0n) is 11.6. The normalized spacial score (nSPS) is 10.3. The van der Waals surface area contributed by atoms with E-state index in [2.05, 4.69) is 57.5 Å². The van der Waals surface area contributed by atoms with Crippen molar-refractivity contribution in [3.63, 3.8) is 0 Å². The van der Waals surface area contributed by atoms with Gasteiger partial charge in [0, 0.05) is 30.3 Å². The summed E-state index contributed by atoms with van der Waals surface area (Å²) in [7, 11) is 2.11. The molecule has 0 aliphatic carbocycles. The maximum atomic E-state index is 5.95. The largest absolute Gasteiger partial charge is 0.397 e. The summed E-state index contributed by atoms with van der Waals surface area (Å²) in [6.07, 6.45) is 1.06. The van der Waals surface area contributed by atoms with Crippen LogP contribution in [0.25, 0.3) is 0 Å². The highest BCUT2D eigenvalue weighted by atomic mass is 79.9. The third-order valence-electron chi connectivity index (χ3n) is 3.20. The topological polar surface area (TPSA) is 41.3 Å². The average molecular weight is 334 g/mol. The first-order valence-electron chi connectivity index (χ1n) is 6.72. The zero-order chi connectivity index (χ0) is 14.4. The second-order valence-corrected chi connectivity index (χ2v) is 5.68. The molecule has 4 heteroatoms. The third kappa shape index (κ3) is 4.17. The fourth-order valence-electron chi connectivity index (χ4n) is 2.05. The summed E-state index contributed by atoms with van der Waals surface area (Å²) < 4.78 is 1.00. The second kappa shape index (κ2) is 7.20. The van der Waals surface area contributed by atoms with Crippen LogP contribution in [0.5, 0.6) is 0 Å². The predicted molar refractivity (Wildman–Crippen MR) is 91.4 cm³/mol. The molecule has 0 saturated carbocycles. The minimum Gasteiger partial charge on any atom is -0.397 e. The fourth-order valence-corrected chi connectivity index (χ4v) is 2.42. The molecule has 0 heterocycles. The Morgan fingerprint density at radius 3 is 2.60 bits per heavy atom. The van der Waals surface area contributed by atoms with Gasteiger partial charge in [0.25, 0.3) is 0 Å². The predicted octanol–water partition coefficient (Wildman–Crippen LogP) is 3.97. The highest BCUT2D eigenvalue weighted by Crippen LogP contribution is 2.22. The number of hydrogen-bond donors (Lipinski definition) is 2. The van der Waals surface area contributed by atoms with Crippen LogP contribution in [0, 0.1) is 0 Å². The van der Waals surface area contributed by atoms with Gasteiger partial charge in [-0.25, -0.2) is 0 Å². The van der Waals surface area contributed by atoms with Gasteiger partial charge in [0.1, 0.15) is 0 Å². The van der Waals surface area contributed by atoms with Gasteiger partial charge in [0.05, 0.1) is 11.4 Å². The van der Waals surface area contributed by atoms with Crippen molar-refractivity contribution in [3.8, 4) is 0 Å². The molecule has 0 radical (unpaired) electrons. The lowest BCUT2D eigenvalue weighted by Crippen LogP contribution is -2.20. The van der Waals surface area contributed by atoms with Crippen LogP contribution in [0.2, 0.25) is 0 Å². The molecule has 3 N–H and O–H groups in total. The number of nitrogens with one attached hydrogen (secondary N) is 1. The number of halogens is 1. The van der Waals surface area contributed by atoms with Crippen LogP contribution in [0.3, 0.4) is 0 Å². The molecule has 20 heavy (non-hydrogen) atoms. The second-order valence-electron chi connectivity index (χ2n) is 4.77. The molecule has 106 valence electrons. The number of para-hydroxylation sites is 1. The van der Waals surface area contributed by atoms with E-state index in [1.54, 1.807) is 0 Å². The van der Waals surface area contributed by atoms with Crippen molar-refractivity contribution in [2.45, 2.75) is 6.42 Å². The van der Waals surface area contributed by atoms with E-state index in [-0.39, 0.29) is 0 Å². The Morgan fingerprint density at radius 1 is 1.15 bits per heavy atom. The zero-order valence-corrected chi connectivity index (χ0v) is 13.2. The van der Waals surface area contributed by atoms with Gasteiger partial charge in [-0.3, -0.25) is 0 Å². The van der Waals surface area contributed by atoms with Crippen molar-refractivity contribution in [2.24, 2.45) is 0 Å². The molecule has 2 rings (SSSR count). The Hall–Kier alpha value is -1.68. The first-order valence-corrected chi connectivity index (χ1v) is 7.51. The van der Waals surface area contributed by atoms with Crippen LogP contribution in [-0.2, 0) is 0 Å². The number of anilines is 3. The van der Waals surface area contributed by atoms with Gasteiger partial charge in [0.15, 0.2) is 0 Å². The van der Waals surface area contributed by atoms with Gasteiger partial charge in [-0.2, -0.15) is 0 Å². The van der Waals surface area contributed by atoms with Gasteiger partial charge < -0.3 is 16.0 Å². The van der Waals surface area contributed by atoms with Gasteiger partial charge in [-0.1, -0.05) is 34.1 Å². The van der Waals surface area contributed by atoms with Crippen LogP contribution in [-0.4, -0.2) is 20.1 Å². The molecule has 3 nitrogen and oxygen atoms in total. The maximum absolute atomic E-state index is 5.95. The molecule has 0 unspecified atom stereocenters. The molecule has 0 atom stereocenters. The molecule has 0 bridgehead atoms. The van der Waals surface area contributed by atoms with E-state index in [0.29, 0.717) is 0 Å². The molecule has 0 amide bonds. The smallest absolute Gasteiger partial charge is 0.0574 e. The van der Waals surface area contributed by atoms with Crippen LogP contribution < -0.4 is 16.0 Å². The maximum Gasteiger partial charge on any atom is 0.0574 e. The SMILES string of the molecule is CN(CCCNc1ccc(Br)cc1N)c1ccccc1. The Balaban J connectivity index is 1.76. The van der Waals surface area contributed by atoms with E-state index in [9.17, 15) is 0 Å². The van der Waals surface area contributed by atoms with Crippen molar-refractivity contribution in [1.82, 2.24) is 0 Å². The van der Waals surface area contributed by atoms with E-state index in [1.165, 1.54) is 5.69 Å². The summed E-state index contributed by atoms with van der Waals surface area (Å²) in [5, 5.41) is 3.37. The lowest BCUT2D eigenvalue weighted by Gasteiger charge is -2.19. The third-order valence-corrected chi connectivity index (χ3v) is 3.69. The van der Waals surface area contributed by atoms with Crippen molar-refractivity contribution < 1.29 is 0 Å². The Labute approximate surface area is 128 Å². The quantitative estimate of drug-likeness (QED) is 0.620. The molecule has 0 fully saturated rings. The van der Waals surface area contributed by atoms with Crippen LogP contribution in [0.1, 0.15) is 6.42 Å². The van der Waals surface area contributed by atoms with Crippen molar-refractivity contribution >= 4 is 33.0 Å². The van der Waals surface area contributed by atoms with E-state index in [0.717, 1.165) is 35.4 Å². The summed E-state index contributed by atoms with van der Waals surface area (Å²) in [5.41, 5.74) is 8.97. The summed E-state index contributed by atoms with van der Waals surface area (Å²) in [4.78, 5) is 2.26. The number of benzene rings is 2. The summed E-state index contributed by atoms with van der Waals surface area (Å²) >= 11 is 3.41. The Morgan fingerprint density at radius 2 is 1.90 bits per heavy atom. The Kier molecular flexibility index (Phi) is 5.30. The van der Waals surface area contributed by atoms with E-state index < -0.39 is 0 Å². The molecule has 0 spiro atoms. The minimum absolute atomic E-state index is 0.774. The molecule has 2 aromatic carbocycles. The van der Waals surface area contributed by atoms with Gasteiger partial charge in [0.2, 0.25) is 0 Å². The number of nitrogens with zero attached hydrogens (tertiary/aromatic N) is 1. The molecule has 0 aromatic heterocycles. The molecular formula is C16H20BrN3. The monoisotopic (exact) mass is 333 g/mol. The summed E-state index contributed by atoms with van der Waals surface area (Å²) in [6.45, 7) is 1.91. The Bertz CT molecular complexity index is 543. The number of rotatable bonds is 6. The lowest BCUT2D eigenvalue weighted by atomic mass is 10.2. The standard InChI is InChI=1S/C16H20BrN3/c1-20(14-6-3-2-4-7-14)11-5-10-19-16-9-8-13(17)12-15(16)18/h2-4,6-9,12,19H,5,10-11,18H2,1H3. The van der Waals surface area contributed by atoms with Gasteiger partial charge in [-0.05, 0) is 36.8 Å². The fraction of sp³-hybridized carbons (Fsp3) is 0.250. The van der Waals surface area contributed by atoms with Crippen molar-refractivity contribution in [1.29, 1.82) is 0 Å². The molecule has 0 aliphatic heterocycles.